The van der Waals surface area contributed by atoms with Crippen LogP contribution >= 0.6 is 0 Å². The van der Waals surface area contributed by atoms with Crippen LogP contribution in [0.25, 0.3) is 0 Å². The van der Waals surface area contributed by atoms with Crippen LogP contribution in [0.5, 0.6) is 0 Å². The van der Waals surface area contributed by atoms with E-state index in [1.807, 2.05) is 0 Å². The number of carbonyl (C=O) groups is 1. The summed E-state index contributed by atoms with van der Waals surface area (Å²) in [5, 5.41) is 17.5. The van der Waals surface area contributed by atoms with Crippen LogP contribution in [0.3, 0.4) is 0 Å². The van der Waals surface area contributed by atoms with Gasteiger partial charge in [-0.05, 0) is 24.5 Å². The molecule has 0 bridgehead atoms. The van der Waals surface area contributed by atoms with Crippen LogP contribution in [0, 0.1) is 5.92 Å². The second-order valence-electron chi connectivity index (χ2n) is 5.19. The van der Waals surface area contributed by atoms with Crippen molar-refractivity contribution >= 4 is 11.7 Å². The second-order valence-corrected chi connectivity index (χ2v) is 5.19. The highest BCUT2D eigenvalue weighted by molar-refractivity contribution is 5.91. The Balaban J connectivity index is 2.17. The zero-order chi connectivity index (χ0) is 14.0. The van der Waals surface area contributed by atoms with Crippen LogP contribution in [0.2, 0.25) is 0 Å². The van der Waals surface area contributed by atoms with Crippen molar-refractivity contribution in [1.29, 1.82) is 0 Å². The van der Waals surface area contributed by atoms with E-state index in [1.54, 1.807) is 26.2 Å². The van der Waals surface area contributed by atoms with Crippen LogP contribution in [0.1, 0.15) is 23.8 Å². The smallest absolute Gasteiger partial charge is 0.273 e. The minimum Gasteiger partial charge on any atom is -0.394 e. The van der Waals surface area contributed by atoms with Crippen molar-refractivity contribution in [1.82, 2.24) is 15.1 Å². The lowest BCUT2D eigenvalue weighted by Gasteiger charge is -2.25. The molecule has 1 aliphatic heterocycles. The Hall–Kier alpha value is -1.69. The van der Waals surface area contributed by atoms with E-state index in [0.717, 1.165) is 18.8 Å². The maximum Gasteiger partial charge on any atom is 0.273 e. The van der Waals surface area contributed by atoms with Crippen LogP contribution in [-0.4, -0.2) is 59.4 Å². The van der Waals surface area contributed by atoms with Gasteiger partial charge in [0.15, 0.2) is 11.5 Å². The standard InChI is InChI=1S/C13H20N4O2/c1-9-6-7-17(11(9)8-18)12-5-4-10(14-15-12)13(19)16(2)3/h4-5,9,11,18H,6-8H2,1-3H3. The zero-order valence-corrected chi connectivity index (χ0v) is 11.6. The van der Waals surface area contributed by atoms with Gasteiger partial charge in [0, 0.05) is 20.6 Å². The number of anilines is 1. The molecule has 1 aliphatic rings. The lowest BCUT2D eigenvalue weighted by atomic mass is 10.0. The summed E-state index contributed by atoms with van der Waals surface area (Å²) in [6, 6.07) is 3.57. The molecular formula is C13H20N4O2. The first-order valence-electron chi connectivity index (χ1n) is 6.47. The van der Waals surface area contributed by atoms with Crippen molar-refractivity contribution in [3.63, 3.8) is 0 Å². The van der Waals surface area contributed by atoms with Crippen molar-refractivity contribution in [2.75, 3.05) is 32.1 Å². The maximum absolute atomic E-state index is 11.7. The Kier molecular flexibility index (Phi) is 3.99. The molecule has 19 heavy (non-hydrogen) atoms. The number of aliphatic hydroxyl groups excluding tert-OH is 1. The highest BCUT2D eigenvalue weighted by atomic mass is 16.3. The molecule has 1 saturated heterocycles. The zero-order valence-electron chi connectivity index (χ0n) is 11.6. The molecule has 1 aromatic rings. The fraction of sp³-hybridized carbons (Fsp3) is 0.615. The average Bonchev–Trinajstić information content (AvgIpc) is 2.79. The topological polar surface area (TPSA) is 69.6 Å². The van der Waals surface area contributed by atoms with Gasteiger partial charge in [-0.3, -0.25) is 4.79 Å². The summed E-state index contributed by atoms with van der Waals surface area (Å²) < 4.78 is 0. The number of nitrogens with zero attached hydrogens (tertiary/aromatic N) is 4. The Morgan fingerprint density at radius 2 is 2.21 bits per heavy atom. The third-order valence-electron chi connectivity index (χ3n) is 3.64. The highest BCUT2D eigenvalue weighted by Gasteiger charge is 2.31. The van der Waals surface area contributed by atoms with Gasteiger partial charge in [-0.2, -0.15) is 0 Å². The number of amides is 1. The number of rotatable bonds is 3. The molecule has 1 N–H and O–H groups in total. The van der Waals surface area contributed by atoms with Crippen molar-refractivity contribution in [3.05, 3.63) is 17.8 Å². The SMILES string of the molecule is CC1CCN(c2ccc(C(=O)N(C)C)nn2)C1CO. The molecule has 1 aromatic heterocycles. The number of aromatic nitrogens is 2. The first-order valence-corrected chi connectivity index (χ1v) is 6.47. The van der Waals surface area contributed by atoms with Crippen LogP contribution < -0.4 is 4.90 Å². The molecule has 104 valence electrons. The molecule has 6 heteroatoms. The average molecular weight is 264 g/mol. The fourth-order valence-corrected chi connectivity index (χ4v) is 2.39. The van der Waals surface area contributed by atoms with E-state index in [2.05, 4.69) is 22.0 Å². The molecule has 0 aromatic carbocycles. The van der Waals surface area contributed by atoms with Gasteiger partial charge in [0.25, 0.3) is 5.91 Å². The summed E-state index contributed by atoms with van der Waals surface area (Å²) >= 11 is 0. The Morgan fingerprint density at radius 1 is 1.47 bits per heavy atom. The molecule has 0 saturated carbocycles. The summed E-state index contributed by atoms with van der Waals surface area (Å²) in [5.74, 6) is 1.00. The first-order chi connectivity index (χ1) is 9.04. The van der Waals surface area contributed by atoms with E-state index < -0.39 is 0 Å². The maximum atomic E-state index is 11.7. The Bertz CT molecular complexity index is 446. The molecule has 0 radical (unpaired) electrons. The Morgan fingerprint density at radius 3 is 2.74 bits per heavy atom. The lowest BCUT2D eigenvalue weighted by molar-refractivity contribution is 0.0821. The third kappa shape index (κ3) is 2.68. The van der Waals surface area contributed by atoms with Crippen molar-refractivity contribution in [2.24, 2.45) is 5.92 Å². The van der Waals surface area contributed by atoms with Crippen LogP contribution in [-0.2, 0) is 0 Å². The van der Waals surface area contributed by atoms with Gasteiger partial charge >= 0.3 is 0 Å². The van der Waals surface area contributed by atoms with Gasteiger partial charge < -0.3 is 14.9 Å². The summed E-state index contributed by atoms with van der Waals surface area (Å²) in [6.07, 6.45) is 1.03. The molecule has 6 nitrogen and oxygen atoms in total. The highest BCUT2D eigenvalue weighted by Crippen LogP contribution is 2.27. The summed E-state index contributed by atoms with van der Waals surface area (Å²) in [7, 11) is 3.36. The molecule has 2 unspecified atom stereocenters. The number of hydrogen-bond acceptors (Lipinski definition) is 5. The minimum atomic E-state index is -0.160. The van der Waals surface area contributed by atoms with Gasteiger partial charge in [-0.1, -0.05) is 6.92 Å². The van der Waals surface area contributed by atoms with E-state index >= 15 is 0 Å². The number of carbonyl (C=O) groups excluding carboxylic acids is 1. The second kappa shape index (κ2) is 5.52. The largest absolute Gasteiger partial charge is 0.394 e. The minimum absolute atomic E-state index is 0.0877. The normalized spacial score (nSPS) is 22.6. The third-order valence-corrected chi connectivity index (χ3v) is 3.64. The van der Waals surface area contributed by atoms with Crippen molar-refractivity contribution in [2.45, 2.75) is 19.4 Å². The molecule has 1 fully saturated rings. The van der Waals surface area contributed by atoms with E-state index in [4.69, 9.17) is 0 Å². The van der Waals surface area contributed by atoms with E-state index in [9.17, 15) is 9.90 Å². The lowest BCUT2D eigenvalue weighted by Crippen LogP contribution is -2.36. The van der Waals surface area contributed by atoms with Gasteiger partial charge in [-0.25, -0.2) is 0 Å². The van der Waals surface area contributed by atoms with E-state index in [1.165, 1.54) is 4.90 Å². The number of hydrogen-bond donors (Lipinski definition) is 1. The number of aliphatic hydroxyl groups is 1. The molecule has 2 rings (SSSR count). The molecular weight excluding hydrogens is 244 g/mol. The van der Waals surface area contributed by atoms with Gasteiger partial charge in [-0.15, -0.1) is 10.2 Å². The fourth-order valence-electron chi connectivity index (χ4n) is 2.39. The molecule has 1 amide bonds. The summed E-state index contributed by atoms with van der Waals surface area (Å²) in [5.41, 5.74) is 0.335. The van der Waals surface area contributed by atoms with Gasteiger partial charge in [0.1, 0.15) is 0 Å². The van der Waals surface area contributed by atoms with Gasteiger partial charge in [0.2, 0.25) is 0 Å². The molecule has 0 spiro atoms. The van der Waals surface area contributed by atoms with Crippen LogP contribution in [0.15, 0.2) is 12.1 Å². The Labute approximate surface area is 113 Å². The van der Waals surface area contributed by atoms with Crippen molar-refractivity contribution < 1.29 is 9.90 Å². The molecule has 2 atom stereocenters. The van der Waals surface area contributed by atoms with Crippen molar-refractivity contribution in [3.8, 4) is 0 Å². The van der Waals surface area contributed by atoms with Gasteiger partial charge in [0.05, 0.1) is 12.6 Å². The van der Waals surface area contributed by atoms with E-state index in [0.29, 0.717) is 11.6 Å². The first kappa shape index (κ1) is 13.7. The summed E-state index contributed by atoms with van der Waals surface area (Å²) in [4.78, 5) is 15.2. The summed E-state index contributed by atoms with van der Waals surface area (Å²) in [6.45, 7) is 3.10. The predicted octanol–water partition coefficient (Wildman–Crippen LogP) is 0.385. The molecule has 2 heterocycles. The van der Waals surface area contributed by atoms with Crippen LogP contribution in [0.4, 0.5) is 5.82 Å². The predicted molar refractivity (Wildman–Crippen MR) is 72.1 cm³/mol. The van der Waals surface area contributed by atoms with E-state index in [-0.39, 0.29) is 18.6 Å². The molecule has 0 aliphatic carbocycles. The quantitative estimate of drug-likeness (QED) is 0.855. The monoisotopic (exact) mass is 264 g/mol.